The van der Waals surface area contributed by atoms with E-state index >= 15 is 0 Å². The molecule has 0 amide bonds. The van der Waals surface area contributed by atoms with E-state index in [0.717, 1.165) is 0 Å². The second kappa shape index (κ2) is 3.69. The lowest BCUT2D eigenvalue weighted by molar-refractivity contribution is 0.590. The van der Waals surface area contributed by atoms with Crippen LogP contribution in [-0.4, -0.2) is 0 Å². The van der Waals surface area contributed by atoms with Gasteiger partial charge in [0.25, 0.3) is 0 Å². The van der Waals surface area contributed by atoms with Crippen LogP contribution in [0.1, 0.15) is 46.1 Å². The first-order valence-corrected chi connectivity index (χ1v) is 6.78. The molecular weight excluding hydrogens is 218 g/mol. The van der Waals surface area contributed by atoms with Crippen molar-refractivity contribution in [1.29, 1.82) is 0 Å². The maximum atomic E-state index is 5.91. The molecule has 2 unspecified atom stereocenters. The van der Waals surface area contributed by atoms with Crippen molar-refractivity contribution < 1.29 is 0 Å². The molecule has 0 aliphatic heterocycles. The SMILES string of the molecule is NCc1cccc2c1C1Cc3ccccc3C2C1. The quantitative estimate of drug-likeness (QED) is 0.806. The van der Waals surface area contributed by atoms with Gasteiger partial charge in [0, 0.05) is 12.5 Å². The minimum Gasteiger partial charge on any atom is -0.326 e. The van der Waals surface area contributed by atoms with E-state index in [0.29, 0.717) is 18.4 Å². The van der Waals surface area contributed by atoms with Gasteiger partial charge in [0.1, 0.15) is 0 Å². The summed E-state index contributed by atoms with van der Waals surface area (Å²) in [5.41, 5.74) is 13.4. The number of rotatable bonds is 1. The molecule has 4 rings (SSSR count). The molecule has 0 saturated carbocycles. The molecule has 1 heteroatoms. The number of nitrogens with two attached hydrogens (primary N) is 1. The summed E-state index contributed by atoms with van der Waals surface area (Å²) in [7, 11) is 0. The molecule has 2 N–H and O–H groups in total. The van der Waals surface area contributed by atoms with Gasteiger partial charge in [-0.05, 0) is 46.6 Å². The Balaban J connectivity index is 1.95. The van der Waals surface area contributed by atoms with Crippen LogP contribution in [0.25, 0.3) is 0 Å². The van der Waals surface area contributed by atoms with Gasteiger partial charge in [-0.25, -0.2) is 0 Å². The lowest BCUT2D eigenvalue weighted by Crippen LogP contribution is -2.10. The van der Waals surface area contributed by atoms with Crippen molar-refractivity contribution in [2.75, 3.05) is 0 Å². The summed E-state index contributed by atoms with van der Waals surface area (Å²) in [6, 6.07) is 15.6. The summed E-state index contributed by atoms with van der Waals surface area (Å²) in [6.07, 6.45) is 2.47. The highest BCUT2D eigenvalue weighted by Gasteiger charge is 2.38. The predicted molar refractivity (Wildman–Crippen MR) is 73.7 cm³/mol. The molecule has 2 aliphatic carbocycles. The lowest BCUT2D eigenvalue weighted by atomic mass is 9.81. The molecule has 0 heterocycles. The summed E-state index contributed by atoms with van der Waals surface area (Å²) in [6.45, 7) is 0.669. The van der Waals surface area contributed by atoms with Gasteiger partial charge in [-0.15, -0.1) is 0 Å². The Kier molecular flexibility index (Phi) is 2.12. The summed E-state index contributed by atoms with van der Waals surface area (Å²) < 4.78 is 0. The van der Waals surface area contributed by atoms with E-state index in [-0.39, 0.29) is 0 Å². The summed E-state index contributed by atoms with van der Waals surface area (Å²) >= 11 is 0. The number of hydrogen-bond donors (Lipinski definition) is 1. The van der Waals surface area contributed by atoms with Gasteiger partial charge in [0.2, 0.25) is 0 Å². The molecule has 2 bridgehead atoms. The Morgan fingerprint density at radius 1 is 1.00 bits per heavy atom. The highest BCUT2D eigenvalue weighted by atomic mass is 14.5. The lowest BCUT2D eigenvalue weighted by Gasteiger charge is -2.23. The molecule has 0 radical (unpaired) electrons. The third-order valence-corrected chi connectivity index (χ3v) is 4.65. The van der Waals surface area contributed by atoms with Gasteiger partial charge in [0.15, 0.2) is 0 Å². The highest BCUT2D eigenvalue weighted by molar-refractivity contribution is 5.54. The van der Waals surface area contributed by atoms with Crippen molar-refractivity contribution >= 4 is 0 Å². The molecule has 1 nitrogen and oxygen atoms in total. The van der Waals surface area contributed by atoms with Crippen LogP contribution in [0.3, 0.4) is 0 Å². The van der Waals surface area contributed by atoms with Crippen molar-refractivity contribution in [2.24, 2.45) is 5.73 Å². The van der Waals surface area contributed by atoms with Crippen LogP contribution in [0, 0.1) is 0 Å². The molecule has 90 valence electrons. The Bertz CT molecular complexity index is 615. The van der Waals surface area contributed by atoms with Crippen molar-refractivity contribution in [3.8, 4) is 0 Å². The Hall–Kier alpha value is -1.60. The fourth-order valence-electron chi connectivity index (χ4n) is 3.95. The van der Waals surface area contributed by atoms with Crippen LogP contribution in [0.5, 0.6) is 0 Å². The molecule has 2 aromatic rings. The average molecular weight is 235 g/mol. The zero-order valence-electron chi connectivity index (χ0n) is 10.4. The topological polar surface area (TPSA) is 26.0 Å². The zero-order valence-corrected chi connectivity index (χ0v) is 10.4. The smallest absolute Gasteiger partial charge is 0.0181 e. The minimum absolute atomic E-state index is 0.612. The maximum absolute atomic E-state index is 5.91. The minimum atomic E-state index is 0.612. The summed E-state index contributed by atoms with van der Waals surface area (Å²) in [5.74, 6) is 1.31. The zero-order chi connectivity index (χ0) is 12.1. The fourth-order valence-corrected chi connectivity index (χ4v) is 3.95. The number of hydrogen-bond acceptors (Lipinski definition) is 1. The monoisotopic (exact) mass is 235 g/mol. The first kappa shape index (κ1) is 10.3. The molecule has 2 aliphatic rings. The normalized spacial score (nSPS) is 23.6. The molecule has 0 aromatic heterocycles. The van der Waals surface area contributed by atoms with Crippen LogP contribution in [-0.2, 0) is 13.0 Å². The highest BCUT2D eigenvalue weighted by Crippen LogP contribution is 2.52. The van der Waals surface area contributed by atoms with Gasteiger partial charge in [-0.2, -0.15) is 0 Å². The summed E-state index contributed by atoms with van der Waals surface area (Å²) in [5, 5.41) is 0. The van der Waals surface area contributed by atoms with Gasteiger partial charge >= 0.3 is 0 Å². The van der Waals surface area contributed by atoms with Crippen LogP contribution < -0.4 is 5.73 Å². The van der Waals surface area contributed by atoms with E-state index in [4.69, 9.17) is 5.73 Å². The van der Waals surface area contributed by atoms with Crippen LogP contribution in [0.4, 0.5) is 0 Å². The predicted octanol–water partition coefficient (Wildman–Crippen LogP) is 3.32. The van der Waals surface area contributed by atoms with Gasteiger partial charge in [-0.1, -0.05) is 42.5 Å². The van der Waals surface area contributed by atoms with E-state index in [9.17, 15) is 0 Å². The Morgan fingerprint density at radius 3 is 2.72 bits per heavy atom. The number of benzene rings is 2. The van der Waals surface area contributed by atoms with Crippen molar-refractivity contribution in [2.45, 2.75) is 31.2 Å². The second-order valence-electron chi connectivity index (χ2n) is 5.51. The Labute approximate surface area is 108 Å². The largest absolute Gasteiger partial charge is 0.326 e. The van der Waals surface area contributed by atoms with Crippen LogP contribution in [0.2, 0.25) is 0 Å². The first-order valence-electron chi connectivity index (χ1n) is 6.78. The first-order chi connectivity index (χ1) is 8.88. The molecule has 2 atom stereocenters. The van der Waals surface area contributed by atoms with E-state index < -0.39 is 0 Å². The van der Waals surface area contributed by atoms with Gasteiger partial charge < -0.3 is 5.73 Å². The van der Waals surface area contributed by atoms with Gasteiger partial charge in [-0.3, -0.25) is 0 Å². The second-order valence-corrected chi connectivity index (χ2v) is 5.51. The maximum Gasteiger partial charge on any atom is 0.0181 e. The molecule has 0 spiro atoms. The average Bonchev–Trinajstić information content (AvgIpc) is 2.73. The van der Waals surface area contributed by atoms with Crippen molar-refractivity contribution in [3.05, 3.63) is 70.3 Å². The number of fused-ring (bicyclic) bond motifs is 7. The summed E-state index contributed by atoms with van der Waals surface area (Å²) in [4.78, 5) is 0. The van der Waals surface area contributed by atoms with Gasteiger partial charge in [0.05, 0.1) is 0 Å². The van der Waals surface area contributed by atoms with Crippen LogP contribution >= 0.6 is 0 Å². The molecule has 2 aromatic carbocycles. The van der Waals surface area contributed by atoms with Crippen molar-refractivity contribution in [3.63, 3.8) is 0 Å². The fraction of sp³-hybridized carbons (Fsp3) is 0.294. The standard InChI is InChI=1S/C17H17N/c18-10-12-5-3-7-15-16-9-13(17(12)15)8-11-4-1-2-6-14(11)16/h1-7,13,16H,8-10,18H2. The van der Waals surface area contributed by atoms with Crippen LogP contribution in [0.15, 0.2) is 42.5 Å². The molecule has 0 fully saturated rings. The van der Waals surface area contributed by atoms with Crippen molar-refractivity contribution in [1.82, 2.24) is 0 Å². The Morgan fingerprint density at radius 2 is 1.83 bits per heavy atom. The third-order valence-electron chi connectivity index (χ3n) is 4.65. The van der Waals surface area contributed by atoms with E-state index in [1.807, 2.05) is 0 Å². The third kappa shape index (κ3) is 1.25. The van der Waals surface area contributed by atoms with E-state index in [1.54, 1.807) is 11.1 Å². The van der Waals surface area contributed by atoms with E-state index in [2.05, 4.69) is 42.5 Å². The molecular formula is C17H17N. The molecule has 18 heavy (non-hydrogen) atoms. The molecule has 0 saturated heterocycles. The van der Waals surface area contributed by atoms with E-state index in [1.165, 1.54) is 29.5 Å².